The highest BCUT2D eigenvalue weighted by atomic mass is 31.2. The van der Waals surface area contributed by atoms with Gasteiger partial charge in [0.15, 0.2) is 0 Å². The van der Waals surface area contributed by atoms with Crippen LogP contribution in [0.3, 0.4) is 0 Å². The lowest BCUT2D eigenvalue weighted by atomic mass is 10.3. The molecule has 0 heterocycles. The smallest absolute Gasteiger partial charge is 0.323 e. The number of rotatable bonds is 5. The van der Waals surface area contributed by atoms with E-state index >= 15 is 0 Å². The molecule has 6 heteroatoms. The minimum absolute atomic E-state index is 0.483. The summed E-state index contributed by atoms with van der Waals surface area (Å²) < 4.78 is 21.9. The number of hydrogen-bond acceptors (Lipinski definition) is 4. The van der Waals surface area contributed by atoms with Crippen LogP contribution in [0.5, 0.6) is 5.75 Å². The van der Waals surface area contributed by atoms with Crippen molar-refractivity contribution in [3.63, 3.8) is 0 Å². The predicted molar refractivity (Wildman–Crippen MR) is 65.2 cm³/mol. The number of ether oxygens (including phenoxy) is 1. The molecule has 0 aliphatic heterocycles. The Morgan fingerprint density at radius 2 is 1.94 bits per heavy atom. The van der Waals surface area contributed by atoms with Gasteiger partial charge in [0.2, 0.25) is 0 Å². The average Bonchev–Trinajstić information content (AvgIpc) is 2.27. The zero-order chi connectivity index (χ0) is 12.9. The Hall–Kier alpha value is -1.32. The third kappa shape index (κ3) is 4.59. The molecule has 1 rings (SSSR count). The van der Waals surface area contributed by atoms with Crippen LogP contribution in [-0.2, 0) is 14.1 Å². The SMILES string of the molecule is COC(=O)[C@@H](C)NP(C)(=O)Oc1ccccc1. The first kappa shape index (κ1) is 13.7. The van der Waals surface area contributed by atoms with Crippen LogP contribution in [0.15, 0.2) is 30.3 Å². The van der Waals surface area contributed by atoms with Gasteiger partial charge in [-0.2, -0.15) is 0 Å². The summed E-state index contributed by atoms with van der Waals surface area (Å²) in [5, 5.41) is 2.61. The Kier molecular flexibility index (Phi) is 4.73. The highest BCUT2D eigenvalue weighted by Crippen LogP contribution is 2.39. The van der Waals surface area contributed by atoms with Gasteiger partial charge in [-0.25, -0.2) is 5.09 Å². The highest BCUT2D eigenvalue weighted by molar-refractivity contribution is 7.56. The van der Waals surface area contributed by atoms with Crippen molar-refractivity contribution in [3.8, 4) is 5.75 Å². The monoisotopic (exact) mass is 257 g/mol. The fraction of sp³-hybridized carbons (Fsp3) is 0.364. The minimum atomic E-state index is -3.09. The molecule has 0 spiro atoms. The molecule has 2 atom stereocenters. The van der Waals surface area contributed by atoms with Gasteiger partial charge in [-0.05, 0) is 19.1 Å². The van der Waals surface area contributed by atoms with Crippen molar-refractivity contribution in [1.82, 2.24) is 5.09 Å². The second-order valence-electron chi connectivity index (χ2n) is 3.62. The van der Waals surface area contributed by atoms with Crippen LogP contribution in [0.4, 0.5) is 0 Å². The topological polar surface area (TPSA) is 64.6 Å². The molecule has 0 aliphatic rings. The van der Waals surface area contributed by atoms with Crippen LogP contribution >= 0.6 is 7.52 Å². The Labute approximate surface area is 101 Å². The first-order valence-electron chi connectivity index (χ1n) is 5.12. The largest absolute Gasteiger partial charge is 0.468 e. The number of carbonyl (C=O) groups is 1. The van der Waals surface area contributed by atoms with Crippen molar-refractivity contribution in [3.05, 3.63) is 30.3 Å². The second-order valence-corrected chi connectivity index (χ2v) is 5.76. The van der Waals surface area contributed by atoms with E-state index in [0.717, 1.165) is 0 Å². The maximum atomic E-state index is 12.1. The van der Waals surface area contributed by atoms with Crippen molar-refractivity contribution in [2.24, 2.45) is 0 Å². The van der Waals surface area contributed by atoms with Crippen LogP contribution in [0, 0.1) is 0 Å². The van der Waals surface area contributed by atoms with E-state index in [1.807, 2.05) is 6.07 Å². The van der Waals surface area contributed by atoms with E-state index in [9.17, 15) is 9.36 Å². The standard InChI is InChI=1S/C11H16NO4P/c1-9(11(13)15-2)12-17(3,14)16-10-7-5-4-6-8-10/h4-9H,1-3H3,(H,12,14)/t9-,17?/m1/s1. The van der Waals surface area contributed by atoms with Gasteiger partial charge >= 0.3 is 13.5 Å². The van der Waals surface area contributed by atoms with Crippen LogP contribution in [0.1, 0.15) is 6.92 Å². The summed E-state index contributed by atoms with van der Waals surface area (Å²) in [4.78, 5) is 11.2. The van der Waals surface area contributed by atoms with Crippen LogP contribution in [0.25, 0.3) is 0 Å². The quantitative estimate of drug-likeness (QED) is 0.646. The van der Waals surface area contributed by atoms with Crippen LogP contribution in [-0.4, -0.2) is 25.8 Å². The Morgan fingerprint density at radius 3 is 2.47 bits per heavy atom. The normalized spacial score (nSPS) is 15.7. The zero-order valence-corrected chi connectivity index (χ0v) is 10.9. The van der Waals surface area contributed by atoms with Gasteiger partial charge in [-0.1, -0.05) is 18.2 Å². The first-order valence-corrected chi connectivity index (χ1v) is 7.19. The fourth-order valence-electron chi connectivity index (χ4n) is 1.29. The number of para-hydroxylation sites is 1. The summed E-state index contributed by atoms with van der Waals surface area (Å²) in [6.45, 7) is 2.98. The summed E-state index contributed by atoms with van der Waals surface area (Å²) in [5.41, 5.74) is 0. The van der Waals surface area contributed by atoms with Gasteiger partial charge < -0.3 is 9.26 Å². The predicted octanol–water partition coefficient (Wildman–Crippen LogP) is 2.04. The molecule has 17 heavy (non-hydrogen) atoms. The van der Waals surface area contributed by atoms with E-state index in [1.54, 1.807) is 31.2 Å². The molecule has 0 amide bonds. The molecular weight excluding hydrogens is 241 g/mol. The molecule has 1 unspecified atom stereocenters. The number of hydrogen-bond donors (Lipinski definition) is 1. The average molecular weight is 257 g/mol. The number of nitrogens with one attached hydrogen (secondary N) is 1. The summed E-state index contributed by atoms with van der Waals surface area (Å²) in [6.07, 6.45) is 0. The Bertz CT molecular complexity index is 421. The third-order valence-electron chi connectivity index (χ3n) is 2.01. The van der Waals surface area contributed by atoms with Gasteiger partial charge in [0.1, 0.15) is 11.8 Å². The Balaban J connectivity index is 2.63. The van der Waals surface area contributed by atoms with Gasteiger partial charge in [0.05, 0.1) is 7.11 Å². The molecule has 94 valence electrons. The van der Waals surface area contributed by atoms with E-state index in [2.05, 4.69) is 9.82 Å². The molecule has 0 fully saturated rings. The number of esters is 1. The summed E-state index contributed by atoms with van der Waals surface area (Å²) in [7, 11) is -1.81. The molecule has 0 saturated heterocycles. The summed E-state index contributed by atoms with van der Waals surface area (Å²) >= 11 is 0. The van der Waals surface area contributed by atoms with E-state index < -0.39 is 19.5 Å². The maximum absolute atomic E-state index is 12.1. The van der Waals surface area contributed by atoms with Gasteiger partial charge in [0.25, 0.3) is 0 Å². The van der Waals surface area contributed by atoms with Crippen molar-refractivity contribution in [2.45, 2.75) is 13.0 Å². The maximum Gasteiger partial charge on any atom is 0.323 e. The highest BCUT2D eigenvalue weighted by Gasteiger charge is 2.24. The van der Waals surface area contributed by atoms with Crippen molar-refractivity contribution < 1.29 is 18.6 Å². The number of methoxy groups -OCH3 is 1. The molecule has 1 N–H and O–H groups in total. The van der Waals surface area contributed by atoms with Gasteiger partial charge in [-0.15, -0.1) is 0 Å². The van der Waals surface area contributed by atoms with E-state index in [1.165, 1.54) is 13.8 Å². The van der Waals surface area contributed by atoms with E-state index in [-0.39, 0.29) is 0 Å². The molecule has 0 aliphatic carbocycles. The van der Waals surface area contributed by atoms with E-state index in [0.29, 0.717) is 5.75 Å². The molecular formula is C11H16NO4P. The summed E-state index contributed by atoms with van der Waals surface area (Å²) in [6, 6.07) is 8.09. The van der Waals surface area contributed by atoms with Crippen LogP contribution < -0.4 is 9.61 Å². The lowest BCUT2D eigenvalue weighted by Crippen LogP contribution is -2.33. The van der Waals surface area contributed by atoms with Crippen molar-refractivity contribution in [2.75, 3.05) is 13.8 Å². The second kappa shape index (κ2) is 5.84. The van der Waals surface area contributed by atoms with E-state index in [4.69, 9.17) is 4.52 Å². The molecule has 1 aromatic carbocycles. The minimum Gasteiger partial charge on any atom is -0.468 e. The molecule has 0 saturated carbocycles. The lowest BCUT2D eigenvalue weighted by Gasteiger charge is -2.19. The third-order valence-corrected chi connectivity index (χ3v) is 3.42. The molecule has 0 aromatic heterocycles. The number of benzene rings is 1. The molecule has 0 radical (unpaired) electrons. The van der Waals surface area contributed by atoms with Gasteiger partial charge in [-0.3, -0.25) is 9.36 Å². The fourth-order valence-corrected chi connectivity index (χ4v) is 2.68. The lowest BCUT2D eigenvalue weighted by molar-refractivity contribution is -0.142. The van der Waals surface area contributed by atoms with Crippen molar-refractivity contribution in [1.29, 1.82) is 0 Å². The molecule has 5 nitrogen and oxygen atoms in total. The summed E-state index contributed by atoms with van der Waals surface area (Å²) in [5.74, 6) is 0.00614. The Morgan fingerprint density at radius 1 is 1.35 bits per heavy atom. The van der Waals surface area contributed by atoms with Crippen LogP contribution in [0.2, 0.25) is 0 Å². The molecule has 1 aromatic rings. The first-order chi connectivity index (χ1) is 7.94. The molecule has 0 bridgehead atoms. The zero-order valence-electron chi connectivity index (χ0n) is 10.0. The number of carbonyl (C=O) groups excluding carboxylic acids is 1. The van der Waals surface area contributed by atoms with Crippen molar-refractivity contribution >= 4 is 13.5 Å². The van der Waals surface area contributed by atoms with Gasteiger partial charge in [0, 0.05) is 6.66 Å².